The Bertz CT molecular complexity index is 983. The van der Waals surface area contributed by atoms with Crippen molar-refractivity contribution < 1.29 is 14.4 Å². The first-order chi connectivity index (χ1) is 15.1. The first-order valence-corrected chi connectivity index (χ1v) is 11.4. The van der Waals surface area contributed by atoms with Gasteiger partial charge in [0.2, 0.25) is 17.7 Å². The van der Waals surface area contributed by atoms with Gasteiger partial charge in [0.1, 0.15) is 6.54 Å². The highest BCUT2D eigenvalue weighted by Gasteiger charge is 2.48. The third-order valence-corrected chi connectivity index (χ3v) is 7.22. The third kappa shape index (κ3) is 3.85. The van der Waals surface area contributed by atoms with E-state index in [0.717, 1.165) is 45.3 Å². The van der Waals surface area contributed by atoms with Crippen LogP contribution in [-0.4, -0.2) is 65.1 Å². The molecular weight excluding hydrogens is 390 g/mol. The molecule has 6 nitrogen and oxygen atoms in total. The molecular formula is C25H29N3O3. The predicted molar refractivity (Wildman–Crippen MR) is 118 cm³/mol. The summed E-state index contributed by atoms with van der Waals surface area (Å²) in [6.45, 7) is 3.62. The van der Waals surface area contributed by atoms with Crippen molar-refractivity contribution in [1.82, 2.24) is 14.7 Å². The lowest BCUT2D eigenvalue weighted by Gasteiger charge is -2.35. The van der Waals surface area contributed by atoms with E-state index in [0.29, 0.717) is 13.1 Å². The molecule has 0 spiro atoms. The summed E-state index contributed by atoms with van der Waals surface area (Å²) >= 11 is 0. The molecule has 2 aromatic carbocycles. The van der Waals surface area contributed by atoms with Crippen molar-refractivity contribution in [1.29, 1.82) is 0 Å². The van der Waals surface area contributed by atoms with E-state index in [9.17, 15) is 14.4 Å². The number of nitrogens with zero attached hydrogens (tertiary/aromatic N) is 3. The monoisotopic (exact) mass is 419 g/mol. The number of piperazine rings is 1. The van der Waals surface area contributed by atoms with Gasteiger partial charge < -0.3 is 4.90 Å². The van der Waals surface area contributed by atoms with Crippen LogP contribution < -0.4 is 0 Å². The van der Waals surface area contributed by atoms with Crippen molar-refractivity contribution >= 4 is 28.5 Å². The zero-order valence-corrected chi connectivity index (χ0v) is 17.8. The standard InChI is InChI=1S/C25H29N3O3/c29-23(17-28-24(30)21-10-3-4-11-22(21)25(28)31)27-14-12-26(13-15-27)16-19-8-5-7-18-6-1-2-9-20(18)19/h1-2,5-9,21-22H,3-4,10-17H2. The van der Waals surface area contributed by atoms with Crippen molar-refractivity contribution in [3.63, 3.8) is 0 Å². The minimum atomic E-state index is -0.188. The molecule has 2 aliphatic heterocycles. The molecule has 5 rings (SSSR count). The predicted octanol–water partition coefficient (Wildman–Crippen LogP) is 2.66. The summed E-state index contributed by atoms with van der Waals surface area (Å²) in [7, 11) is 0. The summed E-state index contributed by atoms with van der Waals surface area (Å²) < 4.78 is 0. The molecule has 162 valence electrons. The summed E-state index contributed by atoms with van der Waals surface area (Å²) in [5.74, 6) is -0.737. The molecule has 0 bridgehead atoms. The van der Waals surface area contributed by atoms with Crippen molar-refractivity contribution in [2.24, 2.45) is 11.8 Å². The van der Waals surface area contributed by atoms with Gasteiger partial charge in [-0.15, -0.1) is 0 Å². The number of likely N-dealkylation sites (tertiary alicyclic amines) is 1. The number of rotatable bonds is 4. The normalized spacial score (nSPS) is 24.6. The van der Waals surface area contributed by atoms with Crippen molar-refractivity contribution in [2.75, 3.05) is 32.7 Å². The molecule has 0 radical (unpaired) electrons. The van der Waals surface area contributed by atoms with Crippen LogP contribution in [-0.2, 0) is 20.9 Å². The van der Waals surface area contributed by atoms with Gasteiger partial charge >= 0.3 is 0 Å². The van der Waals surface area contributed by atoms with E-state index in [1.165, 1.54) is 21.2 Å². The zero-order chi connectivity index (χ0) is 21.4. The third-order valence-electron chi connectivity index (χ3n) is 7.22. The van der Waals surface area contributed by atoms with Crippen LogP contribution in [0.1, 0.15) is 31.2 Å². The van der Waals surface area contributed by atoms with Crippen LogP contribution in [0.3, 0.4) is 0 Å². The second kappa shape index (κ2) is 8.42. The molecule has 31 heavy (non-hydrogen) atoms. The highest BCUT2D eigenvalue weighted by atomic mass is 16.2. The van der Waals surface area contributed by atoms with Gasteiger partial charge in [0, 0.05) is 32.7 Å². The Morgan fingerprint density at radius 2 is 1.48 bits per heavy atom. The van der Waals surface area contributed by atoms with Gasteiger partial charge in [0.25, 0.3) is 0 Å². The summed E-state index contributed by atoms with van der Waals surface area (Å²) in [6, 6.07) is 14.8. The van der Waals surface area contributed by atoms with Crippen molar-refractivity contribution in [3.05, 3.63) is 48.0 Å². The maximum atomic E-state index is 12.9. The van der Waals surface area contributed by atoms with Gasteiger partial charge in [-0.05, 0) is 29.2 Å². The van der Waals surface area contributed by atoms with E-state index < -0.39 is 0 Å². The Balaban J connectivity index is 1.17. The van der Waals surface area contributed by atoms with Crippen molar-refractivity contribution in [3.8, 4) is 0 Å². The van der Waals surface area contributed by atoms with E-state index in [-0.39, 0.29) is 36.1 Å². The summed E-state index contributed by atoms with van der Waals surface area (Å²) in [4.78, 5) is 43.6. The van der Waals surface area contributed by atoms with Gasteiger partial charge in [-0.1, -0.05) is 55.3 Å². The molecule has 3 aliphatic rings. The van der Waals surface area contributed by atoms with Crippen LogP contribution in [0.15, 0.2) is 42.5 Å². The first kappa shape index (κ1) is 20.2. The molecule has 0 N–H and O–H groups in total. The van der Waals surface area contributed by atoms with Gasteiger partial charge in [0.05, 0.1) is 11.8 Å². The molecule has 6 heteroatoms. The summed E-state index contributed by atoms with van der Waals surface area (Å²) in [5.41, 5.74) is 1.30. The first-order valence-electron chi connectivity index (χ1n) is 11.4. The minimum Gasteiger partial charge on any atom is -0.339 e. The second-order valence-electron chi connectivity index (χ2n) is 9.06. The average molecular weight is 420 g/mol. The lowest BCUT2D eigenvalue weighted by Crippen LogP contribution is -2.51. The smallest absolute Gasteiger partial charge is 0.242 e. The average Bonchev–Trinajstić information content (AvgIpc) is 3.05. The van der Waals surface area contributed by atoms with Crippen LogP contribution in [0.2, 0.25) is 0 Å². The molecule has 3 fully saturated rings. The van der Waals surface area contributed by atoms with E-state index in [1.54, 1.807) is 0 Å². The fourth-order valence-electron chi connectivity index (χ4n) is 5.45. The molecule has 3 amide bonds. The minimum absolute atomic E-state index is 0.0893. The molecule has 2 unspecified atom stereocenters. The van der Waals surface area contributed by atoms with Crippen LogP contribution >= 0.6 is 0 Å². The Morgan fingerprint density at radius 3 is 2.19 bits per heavy atom. The Kier molecular flexibility index (Phi) is 5.48. The number of imide groups is 1. The maximum absolute atomic E-state index is 12.9. The van der Waals surface area contributed by atoms with Gasteiger partial charge in [-0.3, -0.25) is 24.2 Å². The van der Waals surface area contributed by atoms with Gasteiger partial charge in [-0.2, -0.15) is 0 Å². The van der Waals surface area contributed by atoms with Crippen molar-refractivity contribution in [2.45, 2.75) is 32.2 Å². The summed E-state index contributed by atoms with van der Waals surface area (Å²) in [6.07, 6.45) is 3.57. The van der Waals surface area contributed by atoms with Gasteiger partial charge in [-0.25, -0.2) is 0 Å². The van der Waals surface area contributed by atoms with Gasteiger partial charge in [0.15, 0.2) is 0 Å². The maximum Gasteiger partial charge on any atom is 0.242 e. The zero-order valence-electron chi connectivity index (χ0n) is 17.8. The Hall–Kier alpha value is -2.73. The molecule has 2 saturated heterocycles. The quantitative estimate of drug-likeness (QED) is 0.715. The number of hydrogen-bond acceptors (Lipinski definition) is 4. The Labute approximate surface area is 182 Å². The molecule has 1 aliphatic carbocycles. The molecule has 1 saturated carbocycles. The number of hydrogen-bond donors (Lipinski definition) is 0. The number of benzene rings is 2. The second-order valence-corrected chi connectivity index (χ2v) is 9.06. The Morgan fingerprint density at radius 1 is 0.839 bits per heavy atom. The summed E-state index contributed by atoms with van der Waals surface area (Å²) in [5, 5.41) is 2.52. The topological polar surface area (TPSA) is 60.9 Å². The fourth-order valence-corrected chi connectivity index (χ4v) is 5.45. The van der Waals surface area contributed by atoms with Crippen LogP contribution in [0, 0.1) is 11.8 Å². The molecule has 2 atom stereocenters. The lowest BCUT2D eigenvalue weighted by atomic mass is 9.81. The van der Waals surface area contributed by atoms with Crippen LogP contribution in [0.5, 0.6) is 0 Å². The number of carbonyl (C=O) groups excluding carboxylic acids is 3. The van der Waals surface area contributed by atoms with E-state index in [2.05, 4.69) is 47.4 Å². The lowest BCUT2D eigenvalue weighted by molar-refractivity contribution is -0.147. The van der Waals surface area contributed by atoms with E-state index in [1.807, 2.05) is 4.90 Å². The molecule has 0 aromatic heterocycles. The largest absolute Gasteiger partial charge is 0.339 e. The highest BCUT2D eigenvalue weighted by Crippen LogP contribution is 2.37. The number of amides is 3. The SMILES string of the molecule is O=C(CN1C(=O)C2CCCCC2C1=O)N1CCN(Cc2cccc3ccccc23)CC1. The van der Waals surface area contributed by atoms with E-state index >= 15 is 0 Å². The van der Waals surface area contributed by atoms with Crippen LogP contribution in [0.25, 0.3) is 10.8 Å². The molecule has 2 heterocycles. The number of carbonyl (C=O) groups is 3. The fraction of sp³-hybridized carbons (Fsp3) is 0.480. The number of fused-ring (bicyclic) bond motifs is 2. The highest BCUT2D eigenvalue weighted by molar-refractivity contribution is 6.07. The van der Waals surface area contributed by atoms with Crippen LogP contribution in [0.4, 0.5) is 0 Å². The van der Waals surface area contributed by atoms with E-state index in [4.69, 9.17) is 0 Å². The molecule has 2 aromatic rings.